The van der Waals surface area contributed by atoms with Crippen molar-refractivity contribution in [3.8, 4) is 0 Å². The molecular weight excluding hydrogens is 362 g/mol. The van der Waals surface area contributed by atoms with Gasteiger partial charge >= 0.3 is 0 Å². The van der Waals surface area contributed by atoms with E-state index in [0.29, 0.717) is 5.91 Å². The van der Waals surface area contributed by atoms with Crippen molar-refractivity contribution in [1.82, 2.24) is 9.80 Å². The number of carbonyl (C=O) groups excluding carboxylic acids is 2. The number of rotatable bonds is 7. The van der Waals surface area contributed by atoms with Gasteiger partial charge in [-0.1, -0.05) is 77.0 Å². The Kier molecular flexibility index (Phi) is 9.29. The molecule has 0 radical (unpaired) electrons. The Morgan fingerprint density at radius 1 is 0.793 bits per heavy atom. The van der Waals surface area contributed by atoms with E-state index >= 15 is 0 Å². The highest BCUT2D eigenvalue weighted by molar-refractivity contribution is 5.80. The molecule has 29 heavy (non-hydrogen) atoms. The average molecular weight is 406 g/mol. The second-order valence-corrected chi connectivity index (χ2v) is 9.76. The van der Waals surface area contributed by atoms with Gasteiger partial charge in [-0.2, -0.15) is 0 Å². The van der Waals surface area contributed by atoms with Gasteiger partial charge in [-0.3, -0.25) is 14.5 Å². The summed E-state index contributed by atoms with van der Waals surface area (Å²) in [6.07, 6.45) is 18.7. The zero-order valence-electron chi connectivity index (χ0n) is 18.5. The SMILES string of the molecule is NC(=O)C(CCCC1CCCCCCC1)N1CCN(C(=O)C2CCCCC2)CC1. The van der Waals surface area contributed by atoms with Crippen LogP contribution in [0.4, 0.5) is 0 Å². The maximum atomic E-state index is 12.8. The van der Waals surface area contributed by atoms with E-state index in [9.17, 15) is 9.59 Å². The van der Waals surface area contributed by atoms with Gasteiger partial charge in [0.25, 0.3) is 0 Å². The van der Waals surface area contributed by atoms with Crippen molar-refractivity contribution in [3.63, 3.8) is 0 Å². The normalized spacial score (nSPS) is 24.6. The Morgan fingerprint density at radius 3 is 1.97 bits per heavy atom. The molecular formula is C24H43N3O2. The topological polar surface area (TPSA) is 66.6 Å². The summed E-state index contributed by atoms with van der Waals surface area (Å²) in [5, 5.41) is 0. The Bertz CT molecular complexity index is 502. The van der Waals surface area contributed by atoms with Crippen molar-refractivity contribution < 1.29 is 9.59 Å². The quantitative estimate of drug-likeness (QED) is 0.693. The molecule has 2 N–H and O–H groups in total. The van der Waals surface area contributed by atoms with Crippen LogP contribution in [-0.2, 0) is 9.59 Å². The zero-order chi connectivity index (χ0) is 20.5. The molecule has 1 unspecified atom stereocenters. The van der Waals surface area contributed by atoms with Crippen LogP contribution in [0.3, 0.4) is 0 Å². The first kappa shape index (κ1) is 22.6. The van der Waals surface area contributed by atoms with Crippen molar-refractivity contribution in [1.29, 1.82) is 0 Å². The number of piperazine rings is 1. The highest BCUT2D eigenvalue weighted by Gasteiger charge is 2.32. The van der Waals surface area contributed by atoms with Crippen LogP contribution in [0.1, 0.15) is 96.3 Å². The van der Waals surface area contributed by atoms with Gasteiger partial charge in [0.2, 0.25) is 11.8 Å². The van der Waals surface area contributed by atoms with Crippen molar-refractivity contribution in [2.45, 2.75) is 102 Å². The predicted octanol–water partition coefficient (Wildman–Crippen LogP) is 4.10. The second kappa shape index (κ2) is 11.9. The molecule has 0 spiro atoms. The van der Waals surface area contributed by atoms with E-state index in [1.54, 1.807) is 0 Å². The minimum atomic E-state index is -0.185. The van der Waals surface area contributed by atoms with Crippen LogP contribution < -0.4 is 5.73 Å². The molecule has 2 aliphatic carbocycles. The molecule has 0 aromatic carbocycles. The number of hydrogen-bond donors (Lipinski definition) is 1. The van der Waals surface area contributed by atoms with Crippen LogP contribution >= 0.6 is 0 Å². The van der Waals surface area contributed by atoms with E-state index < -0.39 is 0 Å². The van der Waals surface area contributed by atoms with Crippen molar-refractivity contribution in [2.24, 2.45) is 17.6 Å². The van der Waals surface area contributed by atoms with Crippen LogP contribution in [0.2, 0.25) is 0 Å². The number of carbonyl (C=O) groups is 2. The maximum Gasteiger partial charge on any atom is 0.234 e. The fourth-order valence-corrected chi connectivity index (χ4v) is 5.80. The minimum Gasteiger partial charge on any atom is -0.368 e. The summed E-state index contributed by atoms with van der Waals surface area (Å²) >= 11 is 0. The Morgan fingerprint density at radius 2 is 1.34 bits per heavy atom. The standard InChI is InChI=1S/C24H43N3O2/c25-23(28)22(15-9-12-20-10-5-2-1-3-6-11-20)26-16-18-27(19-17-26)24(29)21-13-7-4-8-14-21/h20-22H,1-19H2,(H2,25,28). The molecule has 0 aromatic rings. The molecule has 2 amide bonds. The summed E-state index contributed by atoms with van der Waals surface area (Å²) in [6.45, 7) is 3.08. The molecule has 5 heteroatoms. The van der Waals surface area contributed by atoms with E-state index in [1.807, 2.05) is 4.90 Å². The third-order valence-corrected chi connectivity index (χ3v) is 7.66. The molecule has 1 saturated heterocycles. The lowest BCUT2D eigenvalue weighted by Crippen LogP contribution is -2.56. The number of amides is 2. The van der Waals surface area contributed by atoms with Gasteiger partial charge in [-0.15, -0.1) is 0 Å². The number of nitrogens with two attached hydrogens (primary N) is 1. The number of primary amides is 1. The molecule has 2 saturated carbocycles. The molecule has 0 bridgehead atoms. The third kappa shape index (κ3) is 6.97. The van der Waals surface area contributed by atoms with E-state index in [-0.39, 0.29) is 17.9 Å². The molecule has 1 atom stereocenters. The summed E-state index contributed by atoms with van der Waals surface area (Å²) in [4.78, 5) is 29.2. The predicted molar refractivity (Wildman–Crippen MR) is 117 cm³/mol. The smallest absolute Gasteiger partial charge is 0.234 e. The monoisotopic (exact) mass is 405 g/mol. The largest absolute Gasteiger partial charge is 0.368 e. The maximum absolute atomic E-state index is 12.8. The highest BCUT2D eigenvalue weighted by Crippen LogP contribution is 2.28. The molecule has 166 valence electrons. The summed E-state index contributed by atoms with van der Waals surface area (Å²) in [5.41, 5.74) is 5.78. The van der Waals surface area contributed by atoms with Gasteiger partial charge in [0.1, 0.15) is 0 Å². The lowest BCUT2D eigenvalue weighted by molar-refractivity contribution is -0.139. The molecule has 3 fully saturated rings. The van der Waals surface area contributed by atoms with Crippen LogP contribution in [-0.4, -0.2) is 53.8 Å². The fraction of sp³-hybridized carbons (Fsp3) is 0.917. The van der Waals surface area contributed by atoms with E-state index in [4.69, 9.17) is 5.73 Å². The number of hydrogen-bond acceptors (Lipinski definition) is 3. The summed E-state index contributed by atoms with van der Waals surface area (Å²) in [7, 11) is 0. The van der Waals surface area contributed by atoms with Gasteiger partial charge in [-0.25, -0.2) is 0 Å². The summed E-state index contributed by atoms with van der Waals surface area (Å²) in [5.74, 6) is 1.25. The van der Waals surface area contributed by atoms with Gasteiger partial charge in [-0.05, 0) is 25.2 Å². The van der Waals surface area contributed by atoms with E-state index in [2.05, 4.69) is 4.90 Å². The fourth-order valence-electron chi connectivity index (χ4n) is 5.80. The molecule has 0 aromatic heterocycles. The zero-order valence-corrected chi connectivity index (χ0v) is 18.5. The molecule has 1 heterocycles. The molecule has 3 rings (SSSR count). The summed E-state index contributed by atoms with van der Waals surface area (Å²) in [6, 6.07) is -0.157. The first-order chi connectivity index (χ1) is 14.1. The average Bonchev–Trinajstić information content (AvgIpc) is 2.72. The highest BCUT2D eigenvalue weighted by atomic mass is 16.2. The van der Waals surface area contributed by atoms with Crippen LogP contribution in [0.15, 0.2) is 0 Å². The lowest BCUT2D eigenvalue weighted by Gasteiger charge is -2.39. The Labute approximate surface area is 177 Å². The van der Waals surface area contributed by atoms with Crippen LogP contribution in [0.5, 0.6) is 0 Å². The minimum absolute atomic E-state index is 0.157. The van der Waals surface area contributed by atoms with E-state index in [0.717, 1.165) is 57.8 Å². The lowest BCUT2D eigenvalue weighted by atomic mass is 9.87. The first-order valence-electron chi connectivity index (χ1n) is 12.5. The summed E-state index contributed by atoms with van der Waals surface area (Å²) < 4.78 is 0. The van der Waals surface area contributed by atoms with Gasteiger partial charge in [0, 0.05) is 32.1 Å². The van der Waals surface area contributed by atoms with Gasteiger partial charge in [0.05, 0.1) is 6.04 Å². The van der Waals surface area contributed by atoms with Gasteiger partial charge in [0.15, 0.2) is 0 Å². The Balaban J connectivity index is 1.41. The molecule has 5 nitrogen and oxygen atoms in total. The van der Waals surface area contributed by atoms with Crippen LogP contribution in [0.25, 0.3) is 0 Å². The molecule has 1 aliphatic heterocycles. The Hall–Kier alpha value is -1.10. The first-order valence-corrected chi connectivity index (χ1v) is 12.5. The van der Waals surface area contributed by atoms with Crippen molar-refractivity contribution >= 4 is 11.8 Å². The molecule has 3 aliphatic rings. The van der Waals surface area contributed by atoms with E-state index in [1.165, 1.54) is 70.6 Å². The third-order valence-electron chi connectivity index (χ3n) is 7.66. The van der Waals surface area contributed by atoms with Crippen molar-refractivity contribution in [3.05, 3.63) is 0 Å². The second-order valence-electron chi connectivity index (χ2n) is 9.76. The van der Waals surface area contributed by atoms with Gasteiger partial charge < -0.3 is 10.6 Å². The van der Waals surface area contributed by atoms with Crippen LogP contribution in [0, 0.1) is 11.8 Å². The number of nitrogens with zero attached hydrogens (tertiary/aromatic N) is 2. The van der Waals surface area contributed by atoms with Crippen molar-refractivity contribution in [2.75, 3.05) is 26.2 Å².